The number of ether oxygens (including phenoxy) is 1. The number of hydrogen-bond acceptors (Lipinski definition) is 4. The van der Waals surface area contributed by atoms with Gasteiger partial charge in [0.1, 0.15) is 0 Å². The van der Waals surface area contributed by atoms with E-state index in [9.17, 15) is 0 Å². The molecule has 0 atom stereocenters. The molecule has 0 aromatic carbocycles. The summed E-state index contributed by atoms with van der Waals surface area (Å²) in [7, 11) is 1.72. The zero-order chi connectivity index (χ0) is 10.8. The summed E-state index contributed by atoms with van der Waals surface area (Å²) in [6.45, 7) is 4.64. The van der Waals surface area contributed by atoms with Gasteiger partial charge in [0.25, 0.3) is 0 Å². The maximum atomic E-state index is 4.97. The van der Waals surface area contributed by atoms with Crippen LogP contribution in [0, 0.1) is 0 Å². The summed E-state index contributed by atoms with van der Waals surface area (Å²) < 4.78 is 9.90. The Bertz CT molecular complexity index is 225. The second-order valence-corrected chi connectivity index (χ2v) is 3.40. The molecule has 0 saturated heterocycles. The van der Waals surface area contributed by atoms with Gasteiger partial charge in [-0.1, -0.05) is 0 Å². The SMILES string of the molecule is COCCNCCCNCc1ccoc1. The second kappa shape index (κ2) is 8.47. The molecule has 0 amide bonds. The third kappa shape index (κ3) is 6.28. The first-order valence-electron chi connectivity index (χ1n) is 5.35. The van der Waals surface area contributed by atoms with E-state index in [1.54, 1.807) is 19.6 Å². The molecule has 4 nitrogen and oxygen atoms in total. The molecule has 0 saturated carbocycles. The average molecular weight is 212 g/mol. The van der Waals surface area contributed by atoms with Gasteiger partial charge >= 0.3 is 0 Å². The molecule has 1 aromatic heterocycles. The van der Waals surface area contributed by atoms with Crippen molar-refractivity contribution >= 4 is 0 Å². The Hall–Kier alpha value is -0.840. The van der Waals surface area contributed by atoms with Gasteiger partial charge in [0, 0.05) is 25.8 Å². The first kappa shape index (κ1) is 12.2. The van der Waals surface area contributed by atoms with Crippen LogP contribution in [0.4, 0.5) is 0 Å². The van der Waals surface area contributed by atoms with Crippen LogP contribution in [0.3, 0.4) is 0 Å². The van der Waals surface area contributed by atoms with Crippen molar-refractivity contribution in [3.8, 4) is 0 Å². The molecule has 0 bridgehead atoms. The molecule has 0 spiro atoms. The fourth-order valence-corrected chi connectivity index (χ4v) is 1.26. The van der Waals surface area contributed by atoms with E-state index in [4.69, 9.17) is 9.15 Å². The number of hydrogen-bond donors (Lipinski definition) is 2. The Morgan fingerprint density at radius 2 is 2.13 bits per heavy atom. The zero-order valence-corrected chi connectivity index (χ0v) is 9.29. The Kier molecular flexibility index (Phi) is 6.90. The van der Waals surface area contributed by atoms with Crippen molar-refractivity contribution in [1.82, 2.24) is 10.6 Å². The van der Waals surface area contributed by atoms with Crippen molar-refractivity contribution in [1.29, 1.82) is 0 Å². The minimum absolute atomic E-state index is 0.780. The summed E-state index contributed by atoms with van der Waals surface area (Å²) in [5.41, 5.74) is 1.20. The highest BCUT2D eigenvalue weighted by atomic mass is 16.5. The number of nitrogens with one attached hydrogen (secondary N) is 2. The highest BCUT2D eigenvalue weighted by Gasteiger charge is 1.93. The Labute approximate surface area is 91.0 Å². The number of rotatable bonds is 9. The van der Waals surface area contributed by atoms with E-state index >= 15 is 0 Å². The van der Waals surface area contributed by atoms with E-state index in [1.807, 2.05) is 6.07 Å². The lowest BCUT2D eigenvalue weighted by Gasteiger charge is -2.04. The van der Waals surface area contributed by atoms with Crippen molar-refractivity contribution in [2.45, 2.75) is 13.0 Å². The van der Waals surface area contributed by atoms with E-state index in [2.05, 4.69) is 10.6 Å². The summed E-state index contributed by atoms with van der Waals surface area (Å²) in [5, 5.41) is 6.64. The molecule has 86 valence electrons. The van der Waals surface area contributed by atoms with Crippen molar-refractivity contribution in [2.24, 2.45) is 0 Å². The normalized spacial score (nSPS) is 10.7. The van der Waals surface area contributed by atoms with Gasteiger partial charge in [0.05, 0.1) is 19.1 Å². The molecule has 1 heterocycles. The smallest absolute Gasteiger partial charge is 0.0947 e. The van der Waals surface area contributed by atoms with Crippen LogP contribution in [0.2, 0.25) is 0 Å². The van der Waals surface area contributed by atoms with Crippen molar-refractivity contribution < 1.29 is 9.15 Å². The van der Waals surface area contributed by atoms with Crippen molar-refractivity contribution in [3.63, 3.8) is 0 Å². The van der Waals surface area contributed by atoms with E-state index in [1.165, 1.54) is 5.56 Å². The Morgan fingerprint density at radius 3 is 2.87 bits per heavy atom. The highest BCUT2D eigenvalue weighted by molar-refractivity contribution is 5.04. The van der Waals surface area contributed by atoms with Gasteiger partial charge in [-0.05, 0) is 25.6 Å². The summed E-state index contributed by atoms with van der Waals surface area (Å²) in [6, 6.07) is 1.98. The van der Waals surface area contributed by atoms with Gasteiger partial charge in [-0.15, -0.1) is 0 Å². The fraction of sp³-hybridized carbons (Fsp3) is 0.636. The molecule has 0 aliphatic heterocycles. The van der Waals surface area contributed by atoms with Gasteiger partial charge in [0.2, 0.25) is 0 Å². The minimum Gasteiger partial charge on any atom is -0.472 e. The number of furan rings is 1. The van der Waals surface area contributed by atoms with Crippen LogP contribution in [0.5, 0.6) is 0 Å². The molecular formula is C11H20N2O2. The molecule has 15 heavy (non-hydrogen) atoms. The molecule has 0 aliphatic carbocycles. The summed E-state index contributed by atoms with van der Waals surface area (Å²) in [6.07, 6.45) is 4.59. The minimum atomic E-state index is 0.780. The van der Waals surface area contributed by atoms with Crippen LogP contribution in [0.15, 0.2) is 23.0 Å². The topological polar surface area (TPSA) is 46.4 Å². The van der Waals surface area contributed by atoms with Gasteiger partial charge < -0.3 is 19.8 Å². The summed E-state index contributed by atoms with van der Waals surface area (Å²) in [5.74, 6) is 0. The molecule has 0 radical (unpaired) electrons. The molecule has 2 N–H and O–H groups in total. The molecule has 0 unspecified atom stereocenters. The quantitative estimate of drug-likeness (QED) is 0.599. The lowest BCUT2D eigenvalue weighted by molar-refractivity contribution is 0.199. The molecular weight excluding hydrogens is 192 g/mol. The Balaban J connectivity index is 1.81. The van der Waals surface area contributed by atoms with E-state index < -0.39 is 0 Å². The number of methoxy groups -OCH3 is 1. The molecule has 1 rings (SSSR count). The first-order chi connectivity index (χ1) is 7.43. The average Bonchev–Trinajstić information content (AvgIpc) is 2.75. The predicted molar refractivity (Wildman–Crippen MR) is 59.8 cm³/mol. The predicted octanol–water partition coefficient (Wildman–Crippen LogP) is 0.995. The van der Waals surface area contributed by atoms with Crippen LogP contribution < -0.4 is 10.6 Å². The molecule has 0 fully saturated rings. The van der Waals surface area contributed by atoms with Crippen LogP contribution in [-0.2, 0) is 11.3 Å². The molecule has 1 aromatic rings. The van der Waals surface area contributed by atoms with E-state index in [-0.39, 0.29) is 0 Å². The van der Waals surface area contributed by atoms with Crippen LogP contribution in [-0.4, -0.2) is 33.4 Å². The van der Waals surface area contributed by atoms with Gasteiger partial charge in [-0.25, -0.2) is 0 Å². The summed E-state index contributed by atoms with van der Waals surface area (Å²) >= 11 is 0. The third-order valence-electron chi connectivity index (χ3n) is 2.10. The highest BCUT2D eigenvalue weighted by Crippen LogP contribution is 1.97. The maximum Gasteiger partial charge on any atom is 0.0947 e. The fourth-order valence-electron chi connectivity index (χ4n) is 1.26. The maximum absolute atomic E-state index is 4.97. The lowest BCUT2D eigenvalue weighted by atomic mass is 10.3. The van der Waals surface area contributed by atoms with Crippen LogP contribution in [0.25, 0.3) is 0 Å². The lowest BCUT2D eigenvalue weighted by Crippen LogP contribution is -2.24. The zero-order valence-electron chi connectivity index (χ0n) is 9.29. The summed E-state index contributed by atoms with van der Waals surface area (Å²) in [4.78, 5) is 0. The third-order valence-corrected chi connectivity index (χ3v) is 2.10. The van der Waals surface area contributed by atoms with Crippen LogP contribution in [0.1, 0.15) is 12.0 Å². The van der Waals surface area contributed by atoms with E-state index in [0.29, 0.717) is 0 Å². The Morgan fingerprint density at radius 1 is 1.27 bits per heavy atom. The molecule has 4 heteroatoms. The monoisotopic (exact) mass is 212 g/mol. The largest absolute Gasteiger partial charge is 0.472 e. The first-order valence-corrected chi connectivity index (χ1v) is 5.35. The van der Waals surface area contributed by atoms with Gasteiger partial charge in [-0.2, -0.15) is 0 Å². The van der Waals surface area contributed by atoms with Crippen LogP contribution >= 0.6 is 0 Å². The van der Waals surface area contributed by atoms with Gasteiger partial charge in [0.15, 0.2) is 0 Å². The van der Waals surface area contributed by atoms with E-state index in [0.717, 1.165) is 39.2 Å². The second-order valence-electron chi connectivity index (χ2n) is 3.40. The standard InChI is InChI=1S/C11H20N2O2/c1-14-8-6-12-4-2-5-13-9-11-3-7-15-10-11/h3,7,10,12-13H,2,4-6,8-9H2,1H3. The van der Waals surface area contributed by atoms with Crippen molar-refractivity contribution in [2.75, 3.05) is 33.4 Å². The van der Waals surface area contributed by atoms with Crippen molar-refractivity contribution in [3.05, 3.63) is 24.2 Å². The molecule has 0 aliphatic rings. The van der Waals surface area contributed by atoms with Gasteiger partial charge in [-0.3, -0.25) is 0 Å².